The maximum atomic E-state index is 12.6. The molecule has 2 amide bonds. The van der Waals surface area contributed by atoms with E-state index in [0.717, 1.165) is 12.7 Å². The summed E-state index contributed by atoms with van der Waals surface area (Å²) in [6, 6.07) is 11.1. The van der Waals surface area contributed by atoms with Crippen molar-refractivity contribution in [1.82, 2.24) is 0 Å². The van der Waals surface area contributed by atoms with Crippen LogP contribution >= 0.6 is 0 Å². The number of benzene rings is 2. The molecule has 0 bridgehead atoms. The quantitative estimate of drug-likeness (QED) is 0.616. The van der Waals surface area contributed by atoms with Crippen LogP contribution in [-0.4, -0.2) is 46.3 Å². The fraction of sp³-hybridized carbons (Fsp3) is 0.300. The molecule has 1 fully saturated rings. The third-order valence-electron chi connectivity index (χ3n) is 4.37. The van der Waals surface area contributed by atoms with Gasteiger partial charge in [0.2, 0.25) is 10.0 Å². The number of carbonyl (C=O) groups excluding carboxylic acids is 2. The molecular formula is C20H23N3O6S. The highest BCUT2D eigenvalue weighted by Crippen LogP contribution is 2.29. The number of hydrogen-bond acceptors (Lipinski definition) is 6. The van der Waals surface area contributed by atoms with E-state index in [1.165, 1.54) is 13.2 Å². The average Bonchev–Trinajstić information content (AvgIpc) is 3.22. The van der Waals surface area contributed by atoms with Gasteiger partial charge in [-0.15, -0.1) is 0 Å². The zero-order valence-electron chi connectivity index (χ0n) is 16.6. The highest BCUT2D eigenvalue weighted by Gasteiger charge is 2.23. The van der Waals surface area contributed by atoms with Crippen molar-refractivity contribution in [2.45, 2.75) is 18.9 Å². The standard InChI is InChI=1S/C20H23N3O6S/c1-28-17-9-8-15(12-16(17)23-30(2,26)27)21-19(24)13-5-3-6-14(11-13)22-20(25)18-7-4-10-29-18/h3,5-6,8-9,11-12,18,23H,4,7,10H2,1-2H3,(H,21,24)(H,22,25)/t18-/m0/s1. The molecule has 0 aliphatic carbocycles. The van der Waals surface area contributed by atoms with Crippen LogP contribution in [0.2, 0.25) is 0 Å². The van der Waals surface area contributed by atoms with E-state index in [4.69, 9.17) is 9.47 Å². The van der Waals surface area contributed by atoms with E-state index in [1.807, 2.05) is 0 Å². The van der Waals surface area contributed by atoms with Crippen LogP contribution in [-0.2, 0) is 19.6 Å². The van der Waals surface area contributed by atoms with E-state index in [9.17, 15) is 18.0 Å². The molecule has 160 valence electrons. The molecule has 30 heavy (non-hydrogen) atoms. The number of carbonyl (C=O) groups is 2. The lowest BCUT2D eigenvalue weighted by Crippen LogP contribution is -2.27. The molecule has 0 radical (unpaired) electrons. The second kappa shape index (κ2) is 9.14. The van der Waals surface area contributed by atoms with Crippen molar-refractivity contribution in [3.63, 3.8) is 0 Å². The Morgan fingerprint density at radius 2 is 1.87 bits per heavy atom. The molecule has 10 heteroatoms. The van der Waals surface area contributed by atoms with Gasteiger partial charge in [0.25, 0.3) is 11.8 Å². The summed E-state index contributed by atoms with van der Waals surface area (Å²) in [5.41, 5.74) is 1.39. The van der Waals surface area contributed by atoms with Crippen LogP contribution in [0.25, 0.3) is 0 Å². The van der Waals surface area contributed by atoms with Crippen molar-refractivity contribution in [2.75, 3.05) is 35.3 Å². The molecule has 1 aliphatic rings. The van der Waals surface area contributed by atoms with Crippen LogP contribution in [0.15, 0.2) is 42.5 Å². The number of methoxy groups -OCH3 is 1. The van der Waals surface area contributed by atoms with Crippen molar-refractivity contribution < 1.29 is 27.5 Å². The Labute approximate surface area is 174 Å². The normalized spacial score (nSPS) is 16.0. The number of sulfonamides is 1. The first kappa shape index (κ1) is 21.6. The van der Waals surface area contributed by atoms with E-state index in [1.54, 1.807) is 36.4 Å². The topological polar surface area (TPSA) is 123 Å². The van der Waals surface area contributed by atoms with Gasteiger partial charge < -0.3 is 20.1 Å². The molecule has 0 aromatic heterocycles. The van der Waals surface area contributed by atoms with E-state index >= 15 is 0 Å². The minimum Gasteiger partial charge on any atom is -0.495 e. The fourth-order valence-corrected chi connectivity index (χ4v) is 3.57. The average molecular weight is 433 g/mol. The van der Waals surface area contributed by atoms with Crippen molar-refractivity contribution in [3.8, 4) is 5.75 Å². The van der Waals surface area contributed by atoms with Gasteiger partial charge in [-0.3, -0.25) is 14.3 Å². The number of hydrogen-bond donors (Lipinski definition) is 3. The molecule has 1 aliphatic heterocycles. The van der Waals surface area contributed by atoms with Crippen molar-refractivity contribution in [2.24, 2.45) is 0 Å². The Morgan fingerprint density at radius 1 is 1.10 bits per heavy atom. The van der Waals surface area contributed by atoms with Crippen LogP contribution in [0.4, 0.5) is 17.1 Å². The van der Waals surface area contributed by atoms with Gasteiger partial charge in [0, 0.05) is 23.5 Å². The van der Waals surface area contributed by atoms with Crippen molar-refractivity contribution >= 4 is 38.9 Å². The SMILES string of the molecule is COc1ccc(NC(=O)c2cccc(NC(=O)[C@@H]3CCCO3)c2)cc1NS(C)(=O)=O. The van der Waals surface area contributed by atoms with Crippen LogP contribution in [0, 0.1) is 0 Å². The smallest absolute Gasteiger partial charge is 0.255 e. The van der Waals surface area contributed by atoms with Crippen LogP contribution in [0.1, 0.15) is 23.2 Å². The Kier molecular flexibility index (Phi) is 6.58. The van der Waals surface area contributed by atoms with E-state index in [2.05, 4.69) is 15.4 Å². The highest BCUT2D eigenvalue weighted by molar-refractivity contribution is 7.92. The molecule has 1 saturated heterocycles. The van der Waals surface area contributed by atoms with Gasteiger partial charge in [-0.05, 0) is 49.2 Å². The zero-order valence-corrected chi connectivity index (χ0v) is 17.4. The summed E-state index contributed by atoms with van der Waals surface area (Å²) in [4.78, 5) is 24.8. The van der Waals surface area contributed by atoms with Gasteiger partial charge in [-0.2, -0.15) is 0 Å². The van der Waals surface area contributed by atoms with Crippen LogP contribution < -0.4 is 20.1 Å². The first-order valence-electron chi connectivity index (χ1n) is 9.25. The Morgan fingerprint density at radius 3 is 2.53 bits per heavy atom. The maximum absolute atomic E-state index is 12.6. The molecule has 0 spiro atoms. The number of amides is 2. The minimum absolute atomic E-state index is 0.204. The number of rotatable bonds is 7. The lowest BCUT2D eigenvalue weighted by Gasteiger charge is -2.13. The van der Waals surface area contributed by atoms with Crippen LogP contribution in [0.5, 0.6) is 5.75 Å². The predicted octanol–water partition coefficient (Wildman–Crippen LogP) is 2.44. The predicted molar refractivity (Wildman–Crippen MR) is 113 cm³/mol. The number of ether oxygens (including phenoxy) is 2. The summed E-state index contributed by atoms with van der Waals surface area (Å²) >= 11 is 0. The van der Waals surface area contributed by atoms with E-state index < -0.39 is 22.0 Å². The largest absolute Gasteiger partial charge is 0.495 e. The second-order valence-corrected chi connectivity index (χ2v) is 8.56. The highest BCUT2D eigenvalue weighted by atomic mass is 32.2. The zero-order chi connectivity index (χ0) is 21.7. The van der Waals surface area contributed by atoms with Gasteiger partial charge in [0.1, 0.15) is 11.9 Å². The van der Waals surface area contributed by atoms with Gasteiger partial charge in [0.05, 0.1) is 19.1 Å². The molecule has 2 aromatic carbocycles. The lowest BCUT2D eigenvalue weighted by atomic mass is 10.1. The second-order valence-electron chi connectivity index (χ2n) is 6.82. The van der Waals surface area contributed by atoms with Crippen LogP contribution in [0.3, 0.4) is 0 Å². The first-order valence-corrected chi connectivity index (χ1v) is 11.1. The lowest BCUT2D eigenvalue weighted by molar-refractivity contribution is -0.124. The molecule has 3 N–H and O–H groups in total. The summed E-state index contributed by atoms with van der Waals surface area (Å²) in [6.07, 6.45) is 2.07. The van der Waals surface area contributed by atoms with E-state index in [-0.39, 0.29) is 11.6 Å². The van der Waals surface area contributed by atoms with Gasteiger partial charge in [-0.1, -0.05) is 6.07 Å². The summed E-state index contributed by atoms with van der Waals surface area (Å²) in [7, 11) is -2.11. The van der Waals surface area contributed by atoms with Crippen molar-refractivity contribution in [1.29, 1.82) is 0 Å². The number of nitrogens with one attached hydrogen (secondary N) is 3. The Hall–Kier alpha value is -3.11. The van der Waals surface area contributed by atoms with E-state index in [0.29, 0.717) is 35.7 Å². The van der Waals surface area contributed by atoms with Gasteiger partial charge in [0.15, 0.2) is 0 Å². The molecular weight excluding hydrogens is 410 g/mol. The fourth-order valence-electron chi connectivity index (χ4n) is 3.01. The molecule has 1 atom stereocenters. The van der Waals surface area contributed by atoms with Gasteiger partial charge >= 0.3 is 0 Å². The molecule has 2 aromatic rings. The Balaban J connectivity index is 1.72. The molecule has 3 rings (SSSR count). The van der Waals surface area contributed by atoms with Crippen molar-refractivity contribution in [3.05, 3.63) is 48.0 Å². The first-order chi connectivity index (χ1) is 14.2. The Bertz CT molecular complexity index is 1050. The molecule has 0 saturated carbocycles. The third kappa shape index (κ3) is 5.71. The molecule has 9 nitrogen and oxygen atoms in total. The van der Waals surface area contributed by atoms with Gasteiger partial charge in [-0.25, -0.2) is 8.42 Å². The monoisotopic (exact) mass is 433 g/mol. The summed E-state index contributed by atoms with van der Waals surface area (Å²) in [5.74, 6) is -0.340. The number of anilines is 3. The third-order valence-corrected chi connectivity index (χ3v) is 4.96. The summed E-state index contributed by atoms with van der Waals surface area (Å²) < 4.78 is 35.9. The maximum Gasteiger partial charge on any atom is 0.255 e. The minimum atomic E-state index is -3.52. The summed E-state index contributed by atoms with van der Waals surface area (Å²) in [5, 5.41) is 5.46. The molecule has 1 heterocycles. The molecule has 0 unspecified atom stereocenters. The summed E-state index contributed by atoms with van der Waals surface area (Å²) in [6.45, 7) is 0.568.